The molecule has 3 atom stereocenters. The number of primary amides is 1. The Bertz CT molecular complexity index is 550. The van der Waals surface area contributed by atoms with Crippen molar-refractivity contribution in [3.05, 3.63) is 0 Å². The van der Waals surface area contributed by atoms with Gasteiger partial charge in [0.25, 0.3) is 0 Å². The van der Waals surface area contributed by atoms with E-state index in [9.17, 15) is 24.0 Å². The van der Waals surface area contributed by atoms with E-state index in [1.807, 2.05) is 0 Å². The molecule has 0 unspecified atom stereocenters. The van der Waals surface area contributed by atoms with Crippen molar-refractivity contribution in [1.82, 2.24) is 10.6 Å². The standard InChI is InChI=1S/C15H26N4O7/c1-7(2)5-10(15(25)26)19-14(24)9(6-11(17)20)18-13(23)8(16)3-4-12(21)22/h7-10H,3-6,16H2,1-2H3,(H2,17,20)(H,18,23)(H,19,24)(H,21,22)(H,25,26)/t8-,9-,10-/m0/s1. The highest BCUT2D eigenvalue weighted by molar-refractivity contribution is 5.94. The number of carboxylic acids is 2. The molecule has 0 saturated carbocycles. The molecule has 0 aromatic heterocycles. The summed E-state index contributed by atoms with van der Waals surface area (Å²) in [6, 6.07) is -3.82. The van der Waals surface area contributed by atoms with Crippen molar-refractivity contribution in [3.63, 3.8) is 0 Å². The minimum atomic E-state index is -1.41. The average molecular weight is 374 g/mol. The number of amides is 3. The fourth-order valence-electron chi connectivity index (χ4n) is 2.06. The number of carbonyl (C=O) groups excluding carboxylic acids is 3. The van der Waals surface area contributed by atoms with Gasteiger partial charge in [0.15, 0.2) is 0 Å². The Hall–Kier alpha value is -2.69. The summed E-state index contributed by atoms with van der Waals surface area (Å²) in [7, 11) is 0. The summed E-state index contributed by atoms with van der Waals surface area (Å²) in [6.45, 7) is 3.54. The molecule has 3 amide bonds. The number of rotatable bonds is 12. The van der Waals surface area contributed by atoms with Crippen LogP contribution in [0.4, 0.5) is 0 Å². The minimum absolute atomic E-state index is 0.0231. The molecule has 8 N–H and O–H groups in total. The predicted molar refractivity (Wildman–Crippen MR) is 89.6 cm³/mol. The monoisotopic (exact) mass is 374 g/mol. The Morgan fingerprint density at radius 1 is 0.962 bits per heavy atom. The lowest BCUT2D eigenvalue weighted by atomic mass is 10.0. The van der Waals surface area contributed by atoms with Gasteiger partial charge >= 0.3 is 11.9 Å². The molecule has 0 rings (SSSR count). The topological polar surface area (TPSA) is 202 Å². The lowest BCUT2D eigenvalue weighted by molar-refractivity contribution is -0.142. The maximum Gasteiger partial charge on any atom is 0.326 e. The number of hydrogen-bond acceptors (Lipinski definition) is 6. The van der Waals surface area contributed by atoms with Crippen LogP contribution in [0.25, 0.3) is 0 Å². The van der Waals surface area contributed by atoms with Crippen LogP contribution in [0.2, 0.25) is 0 Å². The lowest BCUT2D eigenvalue weighted by Crippen LogP contribution is -2.55. The first-order chi connectivity index (χ1) is 11.9. The number of nitrogens with one attached hydrogen (secondary N) is 2. The summed E-state index contributed by atoms with van der Waals surface area (Å²) in [6.07, 6.45) is -0.929. The van der Waals surface area contributed by atoms with Crippen LogP contribution in [0.15, 0.2) is 0 Å². The Morgan fingerprint density at radius 2 is 1.50 bits per heavy atom. The second-order valence-electron chi connectivity index (χ2n) is 6.30. The third-order valence-corrected chi connectivity index (χ3v) is 3.37. The van der Waals surface area contributed by atoms with Crippen LogP contribution in [-0.2, 0) is 24.0 Å². The predicted octanol–water partition coefficient (Wildman–Crippen LogP) is -1.85. The van der Waals surface area contributed by atoms with Gasteiger partial charge in [-0.1, -0.05) is 13.8 Å². The third kappa shape index (κ3) is 9.57. The molecule has 0 aromatic carbocycles. The van der Waals surface area contributed by atoms with Crippen molar-refractivity contribution in [2.75, 3.05) is 0 Å². The SMILES string of the molecule is CC(C)C[C@H](NC(=O)[C@H](CC(N)=O)NC(=O)[C@@H](N)CCC(=O)O)C(=O)O. The number of carboxylic acid groups (broad SMARTS) is 2. The Morgan fingerprint density at radius 3 is 1.92 bits per heavy atom. The molecule has 148 valence electrons. The van der Waals surface area contributed by atoms with Crippen molar-refractivity contribution >= 4 is 29.7 Å². The molecular weight excluding hydrogens is 348 g/mol. The highest BCUT2D eigenvalue weighted by Gasteiger charge is 2.29. The molecule has 0 spiro atoms. The molecule has 11 nitrogen and oxygen atoms in total. The second kappa shape index (κ2) is 11.0. The highest BCUT2D eigenvalue weighted by atomic mass is 16.4. The summed E-state index contributed by atoms with van der Waals surface area (Å²) in [5.74, 6) is -5.05. The third-order valence-electron chi connectivity index (χ3n) is 3.37. The van der Waals surface area contributed by atoms with Crippen LogP contribution in [0.1, 0.15) is 39.5 Å². The number of nitrogens with two attached hydrogens (primary N) is 2. The minimum Gasteiger partial charge on any atom is -0.481 e. The Balaban J connectivity index is 5.02. The maximum absolute atomic E-state index is 12.3. The zero-order valence-electron chi connectivity index (χ0n) is 14.7. The van der Waals surface area contributed by atoms with Gasteiger partial charge in [-0.3, -0.25) is 19.2 Å². The summed E-state index contributed by atoms with van der Waals surface area (Å²) in [4.78, 5) is 57.1. The van der Waals surface area contributed by atoms with Gasteiger partial charge in [-0.25, -0.2) is 4.79 Å². The lowest BCUT2D eigenvalue weighted by Gasteiger charge is -2.22. The fourth-order valence-corrected chi connectivity index (χ4v) is 2.06. The number of hydrogen-bond donors (Lipinski definition) is 6. The van der Waals surface area contributed by atoms with Crippen LogP contribution < -0.4 is 22.1 Å². The van der Waals surface area contributed by atoms with Gasteiger partial charge in [-0.2, -0.15) is 0 Å². The van der Waals surface area contributed by atoms with E-state index in [0.717, 1.165) is 0 Å². The van der Waals surface area contributed by atoms with Gasteiger partial charge in [0, 0.05) is 6.42 Å². The first-order valence-corrected chi connectivity index (χ1v) is 8.03. The molecule has 0 fully saturated rings. The molecular formula is C15H26N4O7. The molecule has 0 radical (unpaired) electrons. The zero-order valence-corrected chi connectivity index (χ0v) is 14.7. The van der Waals surface area contributed by atoms with Crippen LogP contribution in [-0.4, -0.2) is 58.0 Å². The van der Waals surface area contributed by atoms with Crippen molar-refractivity contribution < 1.29 is 34.2 Å². The molecule has 0 saturated heterocycles. The van der Waals surface area contributed by atoms with E-state index in [1.165, 1.54) is 0 Å². The summed E-state index contributed by atoms with van der Waals surface area (Å²) < 4.78 is 0. The van der Waals surface area contributed by atoms with Crippen LogP contribution in [0, 0.1) is 5.92 Å². The van der Waals surface area contributed by atoms with Crippen LogP contribution >= 0.6 is 0 Å². The van der Waals surface area contributed by atoms with E-state index in [-0.39, 0.29) is 25.2 Å². The van der Waals surface area contributed by atoms with Gasteiger partial charge in [-0.05, 0) is 18.8 Å². The van der Waals surface area contributed by atoms with Gasteiger partial charge in [-0.15, -0.1) is 0 Å². The number of carbonyl (C=O) groups is 5. The van der Waals surface area contributed by atoms with Crippen LogP contribution in [0.3, 0.4) is 0 Å². The number of aliphatic carboxylic acids is 2. The smallest absolute Gasteiger partial charge is 0.326 e. The van der Waals surface area contributed by atoms with Gasteiger partial charge < -0.3 is 32.3 Å². The summed E-state index contributed by atoms with van der Waals surface area (Å²) in [5.41, 5.74) is 10.6. The van der Waals surface area contributed by atoms with Crippen molar-refractivity contribution in [3.8, 4) is 0 Å². The van der Waals surface area contributed by atoms with E-state index in [1.54, 1.807) is 13.8 Å². The molecule has 11 heteroatoms. The van der Waals surface area contributed by atoms with Gasteiger partial charge in [0.05, 0.1) is 12.5 Å². The van der Waals surface area contributed by atoms with Crippen molar-refractivity contribution in [1.29, 1.82) is 0 Å². The molecule has 0 bridgehead atoms. The molecule has 0 aliphatic rings. The van der Waals surface area contributed by atoms with Crippen molar-refractivity contribution in [2.24, 2.45) is 17.4 Å². The largest absolute Gasteiger partial charge is 0.481 e. The Labute approximate surface area is 150 Å². The first-order valence-electron chi connectivity index (χ1n) is 8.03. The molecule has 26 heavy (non-hydrogen) atoms. The Kier molecular flexibility index (Phi) is 9.89. The quantitative estimate of drug-likeness (QED) is 0.228. The van der Waals surface area contributed by atoms with E-state index < -0.39 is 54.2 Å². The average Bonchev–Trinajstić information content (AvgIpc) is 2.49. The molecule has 0 aromatic rings. The van der Waals surface area contributed by atoms with E-state index in [0.29, 0.717) is 0 Å². The normalized spacial score (nSPS) is 14.2. The second-order valence-corrected chi connectivity index (χ2v) is 6.30. The van der Waals surface area contributed by atoms with Gasteiger partial charge in [0.1, 0.15) is 12.1 Å². The maximum atomic E-state index is 12.3. The molecule has 0 heterocycles. The van der Waals surface area contributed by atoms with E-state index in [4.69, 9.17) is 21.7 Å². The van der Waals surface area contributed by atoms with Crippen molar-refractivity contribution in [2.45, 2.75) is 57.7 Å². The fraction of sp³-hybridized carbons (Fsp3) is 0.667. The molecule has 0 aliphatic heterocycles. The van der Waals surface area contributed by atoms with E-state index >= 15 is 0 Å². The van der Waals surface area contributed by atoms with E-state index in [2.05, 4.69) is 10.6 Å². The van der Waals surface area contributed by atoms with Crippen LogP contribution in [0.5, 0.6) is 0 Å². The van der Waals surface area contributed by atoms with Gasteiger partial charge in [0.2, 0.25) is 17.7 Å². The summed E-state index contributed by atoms with van der Waals surface area (Å²) >= 11 is 0. The summed E-state index contributed by atoms with van der Waals surface area (Å²) in [5, 5.41) is 22.2. The highest BCUT2D eigenvalue weighted by Crippen LogP contribution is 2.06. The first kappa shape index (κ1) is 23.3. The zero-order chi connectivity index (χ0) is 20.4. The molecule has 0 aliphatic carbocycles.